The lowest BCUT2D eigenvalue weighted by Gasteiger charge is -2.41. The van der Waals surface area contributed by atoms with Crippen molar-refractivity contribution in [3.63, 3.8) is 0 Å². The van der Waals surface area contributed by atoms with E-state index >= 15 is 0 Å². The number of aliphatic hydroxyl groups excluding tert-OH is 1. The smallest absolute Gasteiger partial charge is 0.336 e. The van der Waals surface area contributed by atoms with Crippen molar-refractivity contribution in [2.45, 2.75) is 55.9 Å². The maximum Gasteiger partial charge on any atom is 0.336 e. The molecule has 1 aliphatic heterocycles. The Morgan fingerprint density at radius 3 is 2.18 bits per heavy atom. The Kier molecular flexibility index (Phi) is 13.4. The van der Waals surface area contributed by atoms with Crippen molar-refractivity contribution in [1.82, 2.24) is 10.6 Å². The Hall–Kier alpha value is -5.46. The van der Waals surface area contributed by atoms with Gasteiger partial charge in [-0.3, -0.25) is 0 Å². The SMILES string of the molecule is COC(=O)C(Cc1ccccc1)NC(=O)NCc1cccc(-c2ccc(C3OC(CSc4ccccc4C(=O)O)C(C)C(c4ccc(CO)cc4)O3)cc2)c1. The third-order valence-electron chi connectivity index (χ3n) is 9.61. The van der Waals surface area contributed by atoms with Gasteiger partial charge in [0.2, 0.25) is 0 Å². The maximum absolute atomic E-state index is 12.8. The average Bonchev–Trinajstić information content (AvgIpc) is 3.22. The summed E-state index contributed by atoms with van der Waals surface area (Å²) in [6.45, 7) is 2.27. The number of urea groups is 1. The molecule has 1 fully saturated rings. The van der Waals surface area contributed by atoms with Gasteiger partial charge in [0.1, 0.15) is 6.04 Å². The fourth-order valence-corrected chi connectivity index (χ4v) is 7.73. The first-order valence-electron chi connectivity index (χ1n) is 18.0. The second-order valence-electron chi connectivity index (χ2n) is 13.3. The van der Waals surface area contributed by atoms with Crippen molar-refractivity contribution in [1.29, 1.82) is 0 Å². The molecule has 0 radical (unpaired) electrons. The number of carboxylic acid groups (broad SMARTS) is 1. The van der Waals surface area contributed by atoms with Crippen LogP contribution in [0.1, 0.15) is 57.5 Å². The molecular formula is C44H44N2O8S. The summed E-state index contributed by atoms with van der Waals surface area (Å²) in [5, 5.41) is 24.9. The minimum Gasteiger partial charge on any atom is -0.478 e. The largest absolute Gasteiger partial charge is 0.478 e. The number of aliphatic hydroxyl groups is 1. The molecule has 1 aliphatic rings. The zero-order valence-electron chi connectivity index (χ0n) is 30.6. The lowest BCUT2D eigenvalue weighted by Crippen LogP contribution is -2.47. The molecule has 0 bridgehead atoms. The molecule has 5 unspecified atom stereocenters. The minimum absolute atomic E-state index is 0.0525. The number of benzene rings is 5. The number of esters is 1. The lowest BCUT2D eigenvalue weighted by atomic mass is 9.91. The maximum atomic E-state index is 12.8. The molecule has 5 aromatic carbocycles. The van der Waals surface area contributed by atoms with Crippen LogP contribution in [0.15, 0.2) is 132 Å². The van der Waals surface area contributed by atoms with E-state index in [0.29, 0.717) is 17.1 Å². The van der Waals surface area contributed by atoms with Gasteiger partial charge in [0.25, 0.3) is 0 Å². The molecule has 284 valence electrons. The number of nitrogens with one attached hydrogen (secondary N) is 2. The lowest BCUT2D eigenvalue weighted by molar-refractivity contribution is -0.268. The van der Waals surface area contributed by atoms with E-state index < -0.39 is 30.3 Å². The van der Waals surface area contributed by atoms with E-state index in [9.17, 15) is 24.6 Å². The van der Waals surface area contributed by atoms with Crippen LogP contribution in [0, 0.1) is 5.92 Å². The van der Waals surface area contributed by atoms with Gasteiger partial charge in [0.05, 0.1) is 31.5 Å². The van der Waals surface area contributed by atoms with Gasteiger partial charge in [0.15, 0.2) is 6.29 Å². The quantitative estimate of drug-likeness (QED) is 0.0661. The van der Waals surface area contributed by atoms with E-state index in [1.807, 2.05) is 115 Å². The topological polar surface area (TPSA) is 143 Å². The highest BCUT2D eigenvalue weighted by Crippen LogP contribution is 2.43. The summed E-state index contributed by atoms with van der Waals surface area (Å²) in [5.74, 6) is -1.04. The molecule has 4 N–H and O–H groups in total. The standard InChI is InChI=1S/C44H44N2O8S/c1-28-38(27-55-39-14-7-6-13-36(39)41(48)49)53-43(54-40(28)33-17-15-30(26-47)16-18-33)34-21-19-32(20-22-34)35-12-8-11-31(23-35)25-45-44(51)46-37(42(50)52-2)24-29-9-4-3-5-10-29/h3-23,28,37-38,40,43,47H,24-27H2,1-2H3,(H,48,49)(H2,45,46,51). The predicted molar refractivity (Wildman–Crippen MR) is 210 cm³/mol. The summed E-state index contributed by atoms with van der Waals surface area (Å²) in [6.07, 6.45) is -0.954. The molecule has 0 spiro atoms. The Morgan fingerprint density at radius 2 is 1.47 bits per heavy atom. The van der Waals surface area contributed by atoms with Crippen LogP contribution in [-0.4, -0.2) is 53.2 Å². The number of aromatic carboxylic acids is 1. The first kappa shape index (κ1) is 39.2. The highest BCUT2D eigenvalue weighted by Gasteiger charge is 2.38. The van der Waals surface area contributed by atoms with Gasteiger partial charge >= 0.3 is 18.0 Å². The highest BCUT2D eigenvalue weighted by atomic mass is 32.2. The first-order chi connectivity index (χ1) is 26.7. The average molecular weight is 761 g/mol. The second-order valence-corrected chi connectivity index (χ2v) is 14.4. The van der Waals surface area contributed by atoms with Crippen molar-refractivity contribution in [3.8, 4) is 11.1 Å². The van der Waals surface area contributed by atoms with Crippen LogP contribution in [0.25, 0.3) is 11.1 Å². The summed E-state index contributed by atoms with van der Waals surface area (Å²) < 4.78 is 18.1. The van der Waals surface area contributed by atoms with Gasteiger partial charge in [-0.2, -0.15) is 0 Å². The fraction of sp³-hybridized carbons (Fsp3) is 0.250. The monoisotopic (exact) mass is 760 g/mol. The molecular weight excluding hydrogens is 717 g/mol. The molecule has 2 amide bonds. The van der Waals surface area contributed by atoms with Crippen LogP contribution in [0.2, 0.25) is 0 Å². The van der Waals surface area contributed by atoms with Crippen molar-refractivity contribution in [2.75, 3.05) is 12.9 Å². The number of methoxy groups -OCH3 is 1. The zero-order valence-corrected chi connectivity index (χ0v) is 31.4. The molecule has 1 saturated heterocycles. The van der Waals surface area contributed by atoms with Crippen LogP contribution < -0.4 is 10.6 Å². The van der Waals surface area contributed by atoms with Crippen LogP contribution in [0.4, 0.5) is 4.79 Å². The summed E-state index contributed by atoms with van der Waals surface area (Å²) in [5.41, 5.74) is 6.55. The number of ether oxygens (including phenoxy) is 3. The molecule has 5 aromatic rings. The second kappa shape index (κ2) is 18.7. The van der Waals surface area contributed by atoms with E-state index in [1.165, 1.54) is 18.9 Å². The number of hydrogen-bond donors (Lipinski definition) is 4. The van der Waals surface area contributed by atoms with Gasteiger partial charge in [0, 0.05) is 35.1 Å². The van der Waals surface area contributed by atoms with Crippen molar-refractivity contribution < 1.29 is 38.8 Å². The van der Waals surface area contributed by atoms with E-state index in [2.05, 4.69) is 17.6 Å². The molecule has 55 heavy (non-hydrogen) atoms. The van der Waals surface area contributed by atoms with E-state index in [4.69, 9.17) is 14.2 Å². The number of thioether (sulfide) groups is 1. The number of rotatable bonds is 14. The molecule has 0 saturated carbocycles. The molecule has 0 aliphatic carbocycles. The summed E-state index contributed by atoms with van der Waals surface area (Å²) in [6, 6.07) is 38.6. The molecule has 0 aromatic heterocycles. The molecule has 1 heterocycles. The molecule has 10 nitrogen and oxygen atoms in total. The Morgan fingerprint density at radius 1 is 0.782 bits per heavy atom. The summed E-state index contributed by atoms with van der Waals surface area (Å²) in [7, 11) is 1.30. The third-order valence-corrected chi connectivity index (χ3v) is 10.8. The summed E-state index contributed by atoms with van der Waals surface area (Å²) in [4.78, 5) is 37.8. The third kappa shape index (κ3) is 10.2. The zero-order chi connectivity index (χ0) is 38.7. The Labute approximate surface area is 324 Å². The number of hydrogen-bond acceptors (Lipinski definition) is 8. The van der Waals surface area contributed by atoms with Gasteiger partial charge in [-0.1, -0.05) is 116 Å². The van der Waals surface area contributed by atoms with Crippen molar-refractivity contribution in [3.05, 3.63) is 161 Å². The first-order valence-corrected chi connectivity index (χ1v) is 19.0. The summed E-state index contributed by atoms with van der Waals surface area (Å²) >= 11 is 1.45. The van der Waals surface area contributed by atoms with Crippen LogP contribution in [-0.2, 0) is 38.6 Å². The Balaban J connectivity index is 1.14. The minimum atomic E-state index is -0.973. The van der Waals surface area contributed by atoms with E-state index in [-0.39, 0.29) is 36.8 Å². The highest BCUT2D eigenvalue weighted by molar-refractivity contribution is 7.99. The number of amides is 2. The number of carboxylic acids is 1. The van der Waals surface area contributed by atoms with Crippen LogP contribution in [0.3, 0.4) is 0 Å². The van der Waals surface area contributed by atoms with Crippen molar-refractivity contribution >= 4 is 29.7 Å². The normalized spacial score (nSPS) is 18.5. The van der Waals surface area contributed by atoms with Gasteiger partial charge in [-0.05, 0) is 51.6 Å². The Bertz CT molecular complexity index is 2060. The molecule has 6 rings (SSSR count). The fourth-order valence-electron chi connectivity index (χ4n) is 6.52. The van der Waals surface area contributed by atoms with Gasteiger partial charge < -0.3 is 35.1 Å². The van der Waals surface area contributed by atoms with E-state index in [1.54, 1.807) is 12.1 Å². The molecule has 11 heteroatoms. The van der Waals surface area contributed by atoms with Gasteiger partial charge in [-0.25, -0.2) is 14.4 Å². The predicted octanol–water partition coefficient (Wildman–Crippen LogP) is 7.71. The number of carbonyl (C=O) groups excluding carboxylic acids is 2. The van der Waals surface area contributed by atoms with Crippen LogP contribution >= 0.6 is 11.8 Å². The van der Waals surface area contributed by atoms with Gasteiger partial charge in [-0.15, -0.1) is 11.8 Å². The number of carbonyl (C=O) groups is 3. The molecule has 5 atom stereocenters. The van der Waals surface area contributed by atoms with E-state index in [0.717, 1.165) is 38.9 Å². The van der Waals surface area contributed by atoms with Crippen molar-refractivity contribution in [2.24, 2.45) is 5.92 Å². The van der Waals surface area contributed by atoms with Crippen LogP contribution in [0.5, 0.6) is 0 Å².